The number of rotatable bonds is 8. The van der Waals surface area contributed by atoms with Crippen LogP contribution in [0.25, 0.3) is 22.3 Å². The summed E-state index contributed by atoms with van der Waals surface area (Å²) in [6.07, 6.45) is 4.94. The molecule has 4 rings (SSSR count). The van der Waals surface area contributed by atoms with Crippen molar-refractivity contribution in [1.82, 2.24) is 24.8 Å². The molecule has 4 aromatic rings. The van der Waals surface area contributed by atoms with Crippen LogP contribution in [0.3, 0.4) is 0 Å². The van der Waals surface area contributed by atoms with Gasteiger partial charge in [-0.25, -0.2) is 4.98 Å². The lowest BCUT2D eigenvalue weighted by molar-refractivity contribution is -0.121. The summed E-state index contributed by atoms with van der Waals surface area (Å²) in [5.74, 6) is 0.129. The van der Waals surface area contributed by atoms with Gasteiger partial charge in [0.25, 0.3) is 5.56 Å². The molecule has 0 spiro atoms. The third-order valence-corrected chi connectivity index (χ3v) is 4.79. The maximum Gasteiger partial charge on any atom is 0.277 e. The maximum atomic E-state index is 13.0. The smallest absolute Gasteiger partial charge is 0.277 e. The summed E-state index contributed by atoms with van der Waals surface area (Å²) >= 11 is 0. The van der Waals surface area contributed by atoms with Crippen molar-refractivity contribution in [3.63, 3.8) is 0 Å². The van der Waals surface area contributed by atoms with Gasteiger partial charge in [-0.3, -0.25) is 19.1 Å². The quantitative estimate of drug-likeness (QED) is 0.343. The summed E-state index contributed by atoms with van der Waals surface area (Å²) in [6, 6.07) is 13.1. The van der Waals surface area contributed by atoms with E-state index in [0.29, 0.717) is 31.1 Å². The summed E-state index contributed by atoms with van der Waals surface area (Å²) < 4.78 is 1.37. The highest BCUT2D eigenvalue weighted by Gasteiger charge is 2.15. The van der Waals surface area contributed by atoms with Crippen molar-refractivity contribution in [2.45, 2.75) is 13.1 Å². The Labute approximate surface area is 178 Å². The van der Waals surface area contributed by atoms with Crippen molar-refractivity contribution in [3.8, 4) is 11.4 Å². The Hall–Kier alpha value is -3.98. The average molecular weight is 417 g/mol. The largest absolute Gasteiger partial charge is 0.378 e. The van der Waals surface area contributed by atoms with Crippen LogP contribution in [0.4, 0.5) is 5.69 Å². The molecule has 0 radical (unpaired) electrons. The molecule has 0 bridgehead atoms. The maximum absolute atomic E-state index is 13.0. The number of H-pyrrole nitrogens is 1. The second-order valence-electron chi connectivity index (χ2n) is 7.00. The Kier molecular flexibility index (Phi) is 6.04. The normalized spacial score (nSPS) is 10.9. The second-order valence-corrected chi connectivity index (χ2v) is 7.00. The molecule has 1 aromatic carbocycles. The first-order chi connectivity index (χ1) is 15.2. The monoisotopic (exact) mass is 417 g/mol. The zero-order valence-corrected chi connectivity index (χ0v) is 16.8. The summed E-state index contributed by atoms with van der Waals surface area (Å²) in [7, 11) is 0. The lowest BCUT2D eigenvalue weighted by atomic mass is 10.2. The highest BCUT2D eigenvalue weighted by atomic mass is 16.2. The Morgan fingerprint density at radius 3 is 2.77 bits per heavy atom. The van der Waals surface area contributed by atoms with E-state index in [2.05, 4.69) is 25.6 Å². The van der Waals surface area contributed by atoms with Crippen molar-refractivity contribution in [3.05, 3.63) is 77.1 Å². The number of carbonyl (C=O) groups excluding carboxylic acids is 1. The van der Waals surface area contributed by atoms with Crippen LogP contribution in [-0.2, 0) is 17.9 Å². The first-order valence-corrected chi connectivity index (χ1v) is 9.93. The molecule has 9 heteroatoms. The van der Waals surface area contributed by atoms with E-state index in [1.807, 2.05) is 42.5 Å². The molecule has 31 heavy (non-hydrogen) atoms. The number of fused-ring (bicyclic) bond motifs is 1. The first kappa shape index (κ1) is 20.3. The lowest BCUT2D eigenvalue weighted by Gasteiger charge is -2.14. The number of pyridine rings is 1. The number of nitrogens with one attached hydrogen (secondary N) is 3. The van der Waals surface area contributed by atoms with Crippen LogP contribution in [0.2, 0.25) is 0 Å². The van der Waals surface area contributed by atoms with Crippen LogP contribution in [0.15, 0.2) is 65.8 Å². The van der Waals surface area contributed by atoms with E-state index < -0.39 is 0 Å². The molecule has 1 amide bonds. The zero-order valence-electron chi connectivity index (χ0n) is 16.8. The third-order valence-electron chi connectivity index (χ3n) is 4.79. The number of nitrogens with zero attached hydrogens (tertiary/aromatic N) is 3. The Morgan fingerprint density at radius 2 is 2.00 bits per heavy atom. The van der Waals surface area contributed by atoms with Crippen LogP contribution in [0, 0.1) is 0 Å². The predicted octanol–water partition coefficient (Wildman–Crippen LogP) is 1.47. The average Bonchev–Trinajstić information content (AvgIpc) is 3.22. The molecule has 0 aliphatic heterocycles. The lowest BCUT2D eigenvalue weighted by Crippen LogP contribution is -2.34. The van der Waals surface area contributed by atoms with E-state index in [0.717, 1.165) is 22.2 Å². The number of aromatic amines is 1. The standard InChI is InChI=1S/C22H23N7O2/c23-7-9-25-19-13-27-21(15-4-2-1-3-5-15)29(22(19)31)14-20(30)26-12-17-10-16-11-24-8-6-18(16)28-17/h1-6,8,10-11,13,25,28H,7,9,12,14,23H2,(H,26,30). The topological polar surface area (TPSA) is 131 Å². The van der Waals surface area contributed by atoms with Gasteiger partial charge in [-0.1, -0.05) is 30.3 Å². The summed E-state index contributed by atoms with van der Waals surface area (Å²) in [6.45, 7) is 0.959. The van der Waals surface area contributed by atoms with Gasteiger partial charge in [0.05, 0.1) is 12.7 Å². The minimum atomic E-state index is -0.325. The Morgan fingerprint density at radius 1 is 1.16 bits per heavy atom. The van der Waals surface area contributed by atoms with Crippen molar-refractivity contribution in [2.24, 2.45) is 5.73 Å². The molecule has 0 saturated carbocycles. The number of hydrogen-bond acceptors (Lipinski definition) is 6. The molecule has 0 fully saturated rings. The van der Waals surface area contributed by atoms with Crippen molar-refractivity contribution >= 4 is 22.5 Å². The van der Waals surface area contributed by atoms with Crippen molar-refractivity contribution in [1.29, 1.82) is 0 Å². The number of aromatic nitrogens is 4. The van der Waals surface area contributed by atoms with Crippen molar-refractivity contribution < 1.29 is 4.79 Å². The third kappa shape index (κ3) is 4.62. The van der Waals surface area contributed by atoms with Crippen LogP contribution in [0.5, 0.6) is 0 Å². The van der Waals surface area contributed by atoms with Gasteiger partial charge in [-0.05, 0) is 12.1 Å². The van der Waals surface area contributed by atoms with Crippen LogP contribution >= 0.6 is 0 Å². The van der Waals surface area contributed by atoms with Crippen LogP contribution in [0.1, 0.15) is 5.69 Å². The SMILES string of the molecule is NCCNc1cnc(-c2ccccc2)n(CC(=O)NCc2cc3cnccc3[nH]2)c1=O. The zero-order chi connectivity index (χ0) is 21.6. The van der Waals surface area contributed by atoms with Gasteiger partial charge in [0.2, 0.25) is 5.91 Å². The fourth-order valence-corrected chi connectivity index (χ4v) is 3.31. The Bertz CT molecular complexity index is 1210. The molecule has 0 aliphatic rings. The second kappa shape index (κ2) is 9.23. The van der Waals surface area contributed by atoms with Gasteiger partial charge in [0.1, 0.15) is 18.1 Å². The van der Waals surface area contributed by atoms with E-state index in [1.165, 1.54) is 10.8 Å². The fourth-order valence-electron chi connectivity index (χ4n) is 3.31. The number of nitrogens with two attached hydrogens (primary N) is 1. The van der Waals surface area contributed by atoms with Crippen LogP contribution in [-0.4, -0.2) is 38.5 Å². The minimum absolute atomic E-state index is 0.157. The minimum Gasteiger partial charge on any atom is -0.378 e. The molecule has 0 saturated heterocycles. The van der Waals surface area contributed by atoms with Crippen molar-refractivity contribution in [2.75, 3.05) is 18.4 Å². The first-order valence-electron chi connectivity index (χ1n) is 9.93. The number of amides is 1. The van der Waals surface area contributed by atoms with Gasteiger partial charge in [0.15, 0.2) is 0 Å². The van der Waals surface area contributed by atoms with Gasteiger partial charge >= 0.3 is 0 Å². The highest BCUT2D eigenvalue weighted by Crippen LogP contribution is 2.16. The molecule has 158 valence electrons. The van der Waals surface area contributed by atoms with E-state index in [4.69, 9.17) is 5.73 Å². The molecule has 9 nitrogen and oxygen atoms in total. The van der Waals surface area contributed by atoms with Gasteiger partial charge < -0.3 is 21.4 Å². The molecule has 0 unspecified atom stereocenters. The molecule has 5 N–H and O–H groups in total. The van der Waals surface area contributed by atoms with E-state index in [9.17, 15) is 9.59 Å². The molecule has 0 aliphatic carbocycles. The fraction of sp³-hybridized carbons (Fsp3) is 0.182. The van der Waals surface area contributed by atoms with Gasteiger partial charge in [0, 0.05) is 47.6 Å². The number of hydrogen-bond donors (Lipinski definition) is 4. The van der Waals surface area contributed by atoms with Gasteiger partial charge in [-0.15, -0.1) is 0 Å². The summed E-state index contributed by atoms with van der Waals surface area (Å²) in [5, 5.41) is 6.79. The van der Waals surface area contributed by atoms with Crippen LogP contribution < -0.4 is 21.9 Å². The molecule has 3 heterocycles. The Balaban J connectivity index is 1.56. The molecule has 3 aromatic heterocycles. The number of carbonyl (C=O) groups is 1. The van der Waals surface area contributed by atoms with E-state index in [1.54, 1.807) is 12.4 Å². The molecular formula is C22H23N7O2. The molecule has 0 atom stereocenters. The van der Waals surface area contributed by atoms with E-state index >= 15 is 0 Å². The molecular weight excluding hydrogens is 394 g/mol. The number of anilines is 1. The van der Waals surface area contributed by atoms with E-state index in [-0.39, 0.29) is 18.0 Å². The summed E-state index contributed by atoms with van der Waals surface area (Å²) in [5.41, 5.74) is 8.06. The van der Waals surface area contributed by atoms with Gasteiger partial charge in [-0.2, -0.15) is 0 Å². The highest BCUT2D eigenvalue weighted by molar-refractivity contribution is 5.80. The predicted molar refractivity (Wildman–Crippen MR) is 119 cm³/mol. The summed E-state index contributed by atoms with van der Waals surface area (Å²) in [4.78, 5) is 37.5. The number of benzene rings is 1.